The molecule has 2 amide bonds. The number of anilines is 4. The number of aliphatic hydroxyl groups is 2. The van der Waals surface area contributed by atoms with Crippen molar-refractivity contribution in [2.75, 3.05) is 86.3 Å². The van der Waals surface area contributed by atoms with Crippen molar-refractivity contribution >= 4 is 56.6 Å². The zero-order chi connectivity index (χ0) is 43.2. The van der Waals surface area contributed by atoms with E-state index >= 15 is 0 Å². The number of benzene rings is 2. The smallest absolute Gasteiger partial charge is 0.259 e. The number of pyridine rings is 2. The first-order valence-corrected chi connectivity index (χ1v) is 20.4. The number of hydrogen-bond donors (Lipinski definition) is 4. The summed E-state index contributed by atoms with van der Waals surface area (Å²) in [5, 5.41) is 41.8. The lowest BCUT2D eigenvalue weighted by Crippen LogP contribution is -2.37. The van der Waals surface area contributed by atoms with Gasteiger partial charge >= 0.3 is 0 Å². The van der Waals surface area contributed by atoms with E-state index in [9.17, 15) is 19.8 Å². The zero-order valence-corrected chi connectivity index (χ0v) is 34.9. The van der Waals surface area contributed by atoms with Gasteiger partial charge in [-0.15, -0.1) is 10.2 Å². The minimum Gasteiger partial charge on any atom is -0.484 e. The maximum atomic E-state index is 13.2. The number of carbonyl (C=O) groups is 2. The van der Waals surface area contributed by atoms with Gasteiger partial charge in [-0.05, 0) is 26.0 Å². The number of aryl methyl sites for hydroxylation is 2. The first-order valence-electron chi connectivity index (χ1n) is 20.4. The highest BCUT2D eigenvalue weighted by atomic mass is 16.5. The second-order valence-electron chi connectivity index (χ2n) is 16.4. The van der Waals surface area contributed by atoms with Gasteiger partial charge in [0, 0.05) is 88.8 Å². The number of nitrogens with zero attached hydrogens (tertiary/aromatic N) is 10. The van der Waals surface area contributed by atoms with Crippen LogP contribution < -0.4 is 29.9 Å². The fourth-order valence-electron chi connectivity index (χ4n) is 8.21. The Bertz CT molecular complexity index is 2490. The Hall–Kier alpha value is -6.48. The number of nitrogens with one attached hydrogen (secondary N) is 2. The van der Waals surface area contributed by atoms with Crippen LogP contribution in [0, 0.1) is 0 Å². The molecule has 4 aromatic heterocycles. The van der Waals surface area contributed by atoms with Crippen LogP contribution in [0.2, 0.25) is 0 Å². The van der Waals surface area contributed by atoms with Crippen molar-refractivity contribution in [1.29, 1.82) is 0 Å². The number of hydrogen-bond acceptors (Lipinski definition) is 16. The Labute approximate surface area is 355 Å². The average molecular weight is 849 g/mol. The molecular formula is C42H48N12O8. The van der Waals surface area contributed by atoms with Crippen LogP contribution in [0.15, 0.2) is 49.1 Å². The molecule has 4 aliphatic heterocycles. The van der Waals surface area contributed by atoms with Crippen molar-refractivity contribution in [2.45, 2.75) is 37.9 Å². The normalized spacial score (nSPS) is 20.5. The molecule has 0 bridgehead atoms. The molecule has 2 aromatic carbocycles. The van der Waals surface area contributed by atoms with Gasteiger partial charge in [0.05, 0.1) is 85.9 Å². The van der Waals surface area contributed by atoms with Gasteiger partial charge in [0.15, 0.2) is 0 Å². The first-order chi connectivity index (χ1) is 29.9. The maximum Gasteiger partial charge on any atom is 0.259 e. The number of morpholine rings is 2. The second-order valence-corrected chi connectivity index (χ2v) is 16.4. The van der Waals surface area contributed by atoms with E-state index in [1.165, 1.54) is 12.4 Å². The molecule has 4 aliphatic rings. The van der Waals surface area contributed by atoms with E-state index in [4.69, 9.17) is 18.9 Å². The Morgan fingerprint density at radius 1 is 0.645 bits per heavy atom. The number of aromatic nitrogens is 8. The third-order valence-corrected chi connectivity index (χ3v) is 11.6. The van der Waals surface area contributed by atoms with E-state index in [0.717, 1.165) is 34.0 Å². The Morgan fingerprint density at radius 3 is 1.44 bits per heavy atom. The predicted octanol–water partition coefficient (Wildman–Crippen LogP) is 2.28. The molecule has 2 saturated heterocycles. The highest BCUT2D eigenvalue weighted by Crippen LogP contribution is 2.43. The van der Waals surface area contributed by atoms with Gasteiger partial charge in [-0.25, -0.2) is 9.36 Å². The highest BCUT2D eigenvalue weighted by Gasteiger charge is 2.37. The summed E-state index contributed by atoms with van der Waals surface area (Å²) in [6.45, 7) is 8.87. The minimum absolute atomic E-state index is 0.0867. The molecule has 0 saturated carbocycles. The number of amides is 2. The van der Waals surface area contributed by atoms with Crippen LogP contribution in [0.4, 0.5) is 22.7 Å². The zero-order valence-electron chi connectivity index (χ0n) is 34.9. The first kappa shape index (κ1) is 40.9. The topological polar surface area (TPSA) is 229 Å². The molecule has 20 nitrogen and oxygen atoms in total. The fraction of sp³-hybridized carbons (Fsp3) is 0.429. The van der Waals surface area contributed by atoms with Crippen LogP contribution >= 0.6 is 0 Å². The van der Waals surface area contributed by atoms with E-state index in [2.05, 4.69) is 51.0 Å². The third kappa shape index (κ3) is 7.81. The average Bonchev–Trinajstić information content (AvgIpc) is 4.05. The summed E-state index contributed by atoms with van der Waals surface area (Å²) in [6.07, 6.45) is 7.39. The Kier molecular flexibility index (Phi) is 10.8. The van der Waals surface area contributed by atoms with Crippen LogP contribution in [0.5, 0.6) is 11.5 Å². The summed E-state index contributed by atoms with van der Waals surface area (Å²) in [7, 11) is 3.52. The summed E-state index contributed by atoms with van der Waals surface area (Å²) in [5.41, 5.74) is 6.71. The number of ether oxygens (including phenoxy) is 4. The number of aliphatic hydroxyl groups excluding tert-OH is 2. The quantitative estimate of drug-likeness (QED) is 0.172. The van der Waals surface area contributed by atoms with Crippen molar-refractivity contribution in [2.24, 2.45) is 14.1 Å². The molecule has 6 aromatic rings. The van der Waals surface area contributed by atoms with E-state index in [0.29, 0.717) is 110 Å². The standard InChI is InChI=1S/2C21H24N6O4/c2*1-21(12-28)9-13-7-15(16(8-18(13)31-21)27-3-5-30-6-4-27)23-20(29)14-10-22-11-17-19(14)24-25-26(17)2/h2*7-8,10-11,28H,3-6,9,12H2,1-2H3,(H,23,29)/t2*21-/m10/s1. The molecule has 324 valence electrons. The second kappa shape index (κ2) is 16.4. The minimum atomic E-state index is -0.664. The van der Waals surface area contributed by atoms with Gasteiger partial charge in [-0.3, -0.25) is 19.6 Å². The van der Waals surface area contributed by atoms with Crippen LogP contribution in [-0.2, 0) is 36.4 Å². The summed E-state index contributed by atoms with van der Waals surface area (Å²) < 4.78 is 26.2. The summed E-state index contributed by atoms with van der Waals surface area (Å²) >= 11 is 0. The number of fused-ring (bicyclic) bond motifs is 4. The van der Waals surface area contributed by atoms with E-state index < -0.39 is 11.2 Å². The summed E-state index contributed by atoms with van der Waals surface area (Å²) in [6, 6.07) is 7.75. The Morgan fingerprint density at radius 2 is 1.05 bits per heavy atom. The molecular weight excluding hydrogens is 801 g/mol. The summed E-state index contributed by atoms with van der Waals surface area (Å²) in [4.78, 5) is 39.1. The lowest BCUT2D eigenvalue weighted by molar-refractivity contribution is 0.0446. The molecule has 4 N–H and O–H groups in total. The monoisotopic (exact) mass is 848 g/mol. The van der Waals surface area contributed by atoms with Crippen molar-refractivity contribution in [3.63, 3.8) is 0 Å². The van der Waals surface area contributed by atoms with Gasteiger partial charge in [0.2, 0.25) is 0 Å². The number of carbonyl (C=O) groups excluding carboxylic acids is 2. The van der Waals surface area contributed by atoms with Crippen molar-refractivity contribution in [1.82, 2.24) is 40.0 Å². The molecule has 62 heavy (non-hydrogen) atoms. The maximum absolute atomic E-state index is 13.2. The molecule has 0 aliphatic carbocycles. The SMILES string of the molecule is Cn1nnc2c(C(=O)Nc3cc4c(cc3N3CCOCC3)O[C@@](C)(CO)C4)cncc21.Cn1nnc2c(C(=O)Nc3cc4c(cc3N3CCOCC3)O[C@](C)(CO)C4)cncc21. The molecule has 2 atom stereocenters. The van der Waals surface area contributed by atoms with Gasteiger partial charge in [0.1, 0.15) is 44.8 Å². The van der Waals surface area contributed by atoms with Crippen molar-refractivity contribution in [3.8, 4) is 11.5 Å². The van der Waals surface area contributed by atoms with Crippen LogP contribution in [0.1, 0.15) is 45.7 Å². The Balaban J connectivity index is 0.000000158. The predicted molar refractivity (Wildman–Crippen MR) is 227 cm³/mol. The molecule has 10 rings (SSSR count). The summed E-state index contributed by atoms with van der Waals surface area (Å²) in [5.74, 6) is 0.844. The van der Waals surface area contributed by atoms with Gasteiger partial charge in [0.25, 0.3) is 11.8 Å². The largest absolute Gasteiger partial charge is 0.484 e. The van der Waals surface area contributed by atoms with E-state index in [1.807, 2.05) is 38.1 Å². The molecule has 8 heterocycles. The molecule has 0 spiro atoms. The molecule has 0 radical (unpaired) electrons. The van der Waals surface area contributed by atoms with Gasteiger partial charge < -0.3 is 49.6 Å². The van der Waals surface area contributed by atoms with Gasteiger partial charge in [-0.1, -0.05) is 10.4 Å². The van der Waals surface area contributed by atoms with E-state index in [-0.39, 0.29) is 25.0 Å². The van der Waals surface area contributed by atoms with Crippen LogP contribution in [-0.4, -0.2) is 139 Å². The van der Waals surface area contributed by atoms with Gasteiger partial charge in [-0.2, -0.15) is 0 Å². The van der Waals surface area contributed by atoms with Crippen LogP contribution in [0.25, 0.3) is 22.1 Å². The van der Waals surface area contributed by atoms with E-state index in [1.54, 1.807) is 35.9 Å². The lowest BCUT2D eigenvalue weighted by Gasteiger charge is -2.31. The third-order valence-electron chi connectivity index (χ3n) is 11.6. The van der Waals surface area contributed by atoms with Crippen LogP contribution in [0.3, 0.4) is 0 Å². The molecule has 0 unspecified atom stereocenters. The van der Waals surface area contributed by atoms with Crippen molar-refractivity contribution < 1.29 is 38.7 Å². The fourth-order valence-corrected chi connectivity index (χ4v) is 8.21. The molecule has 2 fully saturated rings. The highest BCUT2D eigenvalue weighted by molar-refractivity contribution is 6.13. The molecule has 20 heteroatoms. The van der Waals surface area contributed by atoms with Crippen molar-refractivity contribution in [3.05, 3.63) is 71.3 Å². The lowest BCUT2D eigenvalue weighted by atomic mass is 9.99. The number of rotatable bonds is 8.